The van der Waals surface area contributed by atoms with E-state index in [1.807, 2.05) is 0 Å². The summed E-state index contributed by atoms with van der Waals surface area (Å²) in [5.41, 5.74) is 0. The average molecular weight is 1090 g/mol. The van der Waals surface area contributed by atoms with Crippen molar-refractivity contribution in [3.8, 4) is 0 Å². The SMILES string of the molecule is CC/C=C\C/C=C\C/C=C\C/C=C\C/C=C\C/C=C\CCCCCCC(=O)OCC(COC(=O)CCCCCCCCCCC/C=C\C/C=C\CCCCC)OC(=O)CCCCCCCC/C=C\C/C=C\C/C=C\CCCCC. The van der Waals surface area contributed by atoms with Crippen LogP contribution in [0.15, 0.2) is 134 Å². The van der Waals surface area contributed by atoms with Gasteiger partial charge in [0.1, 0.15) is 13.2 Å². The van der Waals surface area contributed by atoms with Crippen molar-refractivity contribution < 1.29 is 28.6 Å². The fourth-order valence-electron chi connectivity index (χ4n) is 8.72. The zero-order valence-electron chi connectivity index (χ0n) is 51.3. The zero-order valence-corrected chi connectivity index (χ0v) is 51.3. The standard InChI is InChI=1S/C73H120O6/c1-4-7-10-13-16-19-22-25-28-31-34-35-36-37-40-42-45-48-51-54-57-60-63-66-72(75)78-69-70(79-73(76)67-64-61-58-55-52-49-46-43-39-33-30-27-24-21-18-15-12-9-6-3)68-77-71(74)65-62-59-56-53-50-47-44-41-38-32-29-26-23-20-17-14-11-8-5-2/h7,10,16-21,25-30,34-35,37,39-40,43,45,48,70H,4-6,8-9,11-15,22-24,31-33,36,38,41-42,44,46-47,49-69H2,1-3H3/b10-7-,19-16-,20-17-,21-18-,28-25-,29-26-,30-27-,35-34-,40-37-,43-39-,48-45-. The molecule has 1 unspecified atom stereocenters. The molecule has 0 aromatic heterocycles. The number of ether oxygens (including phenoxy) is 3. The summed E-state index contributed by atoms with van der Waals surface area (Å²) in [7, 11) is 0. The molecule has 0 saturated heterocycles. The number of unbranched alkanes of at least 4 members (excludes halogenated alkanes) is 25. The van der Waals surface area contributed by atoms with Crippen molar-refractivity contribution in [2.45, 2.75) is 297 Å². The molecule has 6 nitrogen and oxygen atoms in total. The smallest absolute Gasteiger partial charge is 0.306 e. The number of esters is 3. The normalized spacial score (nSPS) is 13.0. The van der Waals surface area contributed by atoms with Crippen molar-refractivity contribution >= 4 is 17.9 Å². The number of hydrogen-bond donors (Lipinski definition) is 0. The summed E-state index contributed by atoms with van der Waals surface area (Å²) in [5.74, 6) is -0.936. The maximum absolute atomic E-state index is 12.9. The van der Waals surface area contributed by atoms with Crippen LogP contribution in [0.1, 0.15) is 290 Å². The lowest BCUT2D eigenvalue weighted by Gasteiger charge is -2.18. The Kier molecular flexibility index (Phi) is 62.3. The van der Waals surface area contributed by atoms with Gasteiger partial charge in [0.05, 0.1) is 0 Å². The Morgan fingerprint density at radius 2 is 0.494 bits per heavy atom. The second-order valence-corrected chi connectivity index (χ2v) is 21.3. The van der Waals surface area contributed by atoms with Crippen molar-refractivity contribution in [1.29, 1.82) is 0 Å². The Hall–Kier alpha value is -4.45. The summed E-state index contributed by atoms with van der Waals surface area (Å²) in [6.07, 6.45) is 93.0. The summed E-state index contributed by atoms with van der Waals surface area (Å²) in [4.78, 5) is 38.4. The highest BCUT2D eigenvalue weighted by Gasteiger charge is 2.19. The van der Waals surface area contributed by atoms with E-state index < -0.39 is 6.10 Å². The highest BCUT2D eigenvalue weighted by atomic mass is 16.6. The summed E-state index contributed by atoms with van der Waals surface area (Å²) in [6.45, 7) is 6.45. The van der Waals surface area contributed by atoms with Crippen LogP contribution in [0.4, 0.5) is 0 Å². The van der Waals surface area contributed by atoms with Crippen LogP contribution in [0.3, 0.4) is 0 Å². The molecule has 0 bridgehead atoms. The summed E-state index contributed by atoms with van der Waals surface area (Å²) in [5, 5.41) is 0. The van der Waals surface area contributed by atoms with E-state index in [2.05, 4.69) is 154 Å². The number of carbonyl (C=O) groups excluding carboxylic acids is 3. The molecule has 0 aromatic carbocycles. The van der Waals surface area contributed by atoms with E-state index in [4.69, 9.17) is 14.2 Å². The van der Waals surface area contributed by atoms with E-state index >= 15 is 0 Å². The van der Waals surface area contributed by atoms with Gasteiger partial charge in [-0.3, -0.25) is 14.4 Å². The van der Waals surface area contributed by atoms with Gasteiger partial charge in [-0.2, -0.15) is 0 Å². The van der Waals surface area contributed by atoms with Crippen LogP contribution in [0.25, 0.3) is 0 Å². The molecule has 0 N–H and O–H groups in total. The van der Waals surface area contributed by atoms with E-state index in [9.17, 15) is 14.4 Å². The molecule has 0 aliphatic carbocycles. The molecule has 0 spiro atoms. The van der Waals surface area contributed by atoms with E-state index in [0.29, 0.717) is 19.3 Å². The van der Waals surface area contributed by atoms with Gasteiger partial charge in [0, 0.05) is 19.3 Å². The molecule has 0 aliphatic heterocycles. The average Bonchev–Trinajstić information content (AvgIpc) is 3.45. The zero-order chi connectivity index (χ0) is 57.1. The van der Waals surface area contributed by atoms with E-state index in [1.165, 1.54) is 109 Å². The number of carbonyl (C=O) groups is 3. The van der Waals surface area contributed by atoms with Crippen LogP contribution in [0.2, 0.25) is 0 Å². The summed E-state index contributed by atoms with van der Waals surface area (Å²) >= 11 is 0. The molecular weight excluding hydrogens is 973 g/mol. The topological polar surface area (TPSA) is 78.9 Å². The van der Waals surface area contributed by atoms with Gasteiger partial charge in [0.2, 0.25) is 0 Å². The Morgan fingerprint density at radius 3 is 0.772 bits per heavy atom. The molecule has 0 saturated carbocycles. The van der Waals surface area contributed by atoms with Crippen molar-refractivity contribution in [2.75, 3.05) is 13.2 Å². The molecule has 0 heterocycles. The largest absolute Gasteiger partial charge is 0.462 e. The first kappa shape index (κ1) is 74.5. The van der Waals surface area contributed by atoms with Crippen LogP contribution < -0.4 is 0 Å². The molecule has 0 aromatic rings. The molecular formula is C73H120O6. The predicted octanol–water partition coefficient (Wildman–Crippen LogP) is 22.5. The summed E-state index contributed by atoms with van der Waals surface area (Å²) < 4.78 is 16.9. The van der Waals surface area contributed by atoms with E-state index in [0.717, 1.165) is 141 Å². The van der Waals surface area contributed by atoms with Crippen LogP contribution in [0, 0.1) is 0 Å². The van der Waals surface area contributed by atoms with Gasteiger partial charge in [-0.25, -0.2) is 0 Å². The minimum absolute atomic E-state index is 0.0975. The minimum Gasteiger partial charge on any atom is -0.462 e. The van der Waals surface area contributed by atoms with Crippen molar-refractivity contribution in [3.05, 3.63) is 134 Å². The Labute approximate surface area is 487 Å². The fraction of sp³-hybridized carbons (Fsp3) is 0.658. The first-order valence-corrected chi connectivity index (χ1v) is 32.7. The van der Waals surface area contributed by atoms with Crippen LogP contribution in [-0.2, 0) is 28.6 Å². The Morgan fingerprint density at radius 1 is 0.266 bits per heavy atom. The van der Waals surface area contributed by atoms with Crippen LogP contribution >= 0.6 is 0 Å². The molecule has 0 amide bonds. The molecule has 0 radical (unpaired) electrons. The van der Waals surface area contributed by atoms with Crippen molar-refractivity contribution in [3.63, 3.8) is 0 Å². The highest BCUT2D eigenvalue weighted by molar-refractivity contribution is 5.71. The first-order valence-electron chi connectivity index (χ1n) is 32.7. The molecule has 6 heteroatoms. The van der Waals surface area contributed by atoms with Gasteiger partial charge < -0.3 is 14.2 Å². The van der Waals surface area contributed by atoms with Gasteiger partial charge in [0.25, 0.3) is 0 Å². The van der Waals surface area contributed by atoms with Crippen molar-refractivity contribution in [2.24, 2.45) is 0 Å². The second-order valence-electron chi connectivity index (χ2n) is 21.3. The molecule has 79 heavy (non-hydrogen) atoms. The lowest BCUT2D eigenvalue weighted by atomic mass is 10.1. The van der Waals surface area contributed by atoms with E-state index in [-0.39, 0.29) is 31.1 Å². The maximum Gasteiger partial charge on any atom is 0.306 e. The lowest BCUT2D eigenvalue weighted by molar-refractivity contribution is -0.167. The molecule has 0 aliphatic rings. The van der Waals surface area contributed by atoms with Gasteiger partial charge in [-0.15, -0.1) is 0 Å². The van der Waals surface area contributed by atoms with Gasteiger partial charge in [-0.1, -0.05) is 264 Å². The van der Waals surface area contributed by atoms with Crippen molar-refractivity contribution in [1.82, 2.24) is 0 Å². The summed E-state index contributed by atoms with van der Waals surface area (Å²) in [6, 6.07) is 0. The molecule has 1 atom stereocenters. The van der Waals surface area contributed by atoms with E-state index in [1.54, 1.807) is 0 Å². The third-order valence-electron chi connectivity index (χ3n) is 13.6. The Balaban J connectivity index is 4.49. The monoisotopic (exact) mass is 1090 g/mol. The first-order chi connectivity index (χ1) is 39.0. The molecule has 0 fully saturated rings. The highest BCUT2D eigenvalue weighted by Crippen LogP contribution is 2.15. The fourth-order valence-corrected chi connectivity index (χ4v) is 8.72. The third kappa shape index (κ3) is 64.3. The number of hydrogen-bond acceptors (Lipinski definition) is 6. The quantitative estimate of drug-likeness (QED) is 0.0261. The van der Waals surface area contributed by atoms with Crippen LogP contribution in [-0.4, -0.2) is 37.2 Å². The van der Waals surface area contributed by atoms with Crippen LogP contribution in [0.5, 0.6) is 0 Å². The van der Waals surface area contributed by atoms with Gasteiger partial charge in [-0.05, 0) is 141 Å². The number of rotatable bonds is 58. The molecule has 448 valence electrons. The molecule has 0 rings (SSSR count). The predicted molar refractivity (Wildman–Crippen MR) is 343 cm³/mol. The third-order valence-corrected chi connectivity index (χ3v) is 13.6. The van der Waals surface area contributed by atoms with Gasteiger partial charge in [0.15, 0.2) is 6.10 Å². The Bertz CT molecular complexity index is 1680. The minimum atomic E-state index is -0.805. The second kappa shape index (κ2) is 66.1. The lowest BCUT2D eigenvalue weighted by Crippen LogP contribution is -2.30. The van der Waals surface area contributed by atoms with Gasteiger partial charge >= 0.3 is 17.9 Å². The maximum atomic E-state index is 12.9. The number of allylic oxidation sites excluding steroid dienone is 22.